The van der Waals surface area contributed by atoms with Crippen molar-refractivity contribution in [1.29, 1.82) is 0 Å². The van der Waals surface area contributed by atoms with E-state index < -0.39 is 5.97 Å². The zero-order valence-corrected chi connectivity index (χ0v) is 15.3. The summed E-state index contributed by atoms with van der Waals surface area (Å²) in [6.07, 6.45) is 0. The minimum atomic E-state index is -0.468. The van der Waals surface area contributed by atoms with Gasteiger partial charge < -0.3 is 29.3 Å². The van der Waals surface area contributed by atoms with Crippen LogP contribution in [0.25, 0.3) is 0 Å². The van der Waals surface area contributed by atoms with E-state index in [-0.39, 0.29) is 0 Å². The van der Waals surface area contributed by atoms with Crippen molar-refractivity contribution < 1.29 is 23.9 Å². The molecule has 0 amide bonds. The molecule has 0 saturated carbocycles. The van der Waals surface area contributed by atoms with Gasteiger partial charge in [0.1, 0.15) is 0 Å². The lowest BCUT2D eigenvalue weighted by Crippen LogP contribution is -3.12. The summed E-state index contributed by atoms with van der Waals surface area (Å²) in [6.45, 7) is 3.80. The highest BCUT2D eigenvalue weighted by Gasteiger charge is 2.22. The van der Waals surface area contributed by atoms with Crippen LogP contribution in [0.4, 0.5) is 5.69 Å². The molecule has 0 bridgehead atoms. The van der Waals surface area contributed by atoms with Crippen molar-refractivity contribution in [2.24, 2.45) is 0 Å². The van der Waals surface area contributed by atoms with Gasteiger partial charge in [-0.1, -0.05) is 0 Å². The van der Waals surface area contributed by atoms with Gasteiger partial charge in [-0.05, 0) is 12.2 Å². The van der Waals surface area contributed by atoms with Gasteiger partial charge in [-0.15, -0.1) is 0 Å². The Morgan fingerprint density at radius 3 is 2.29 bits per heavy atom. The third-order valence-corrected chi connectivity index (χ3v) is 4.44. The van der Waals surface area contributed by atoms with E-state index in [1.807, 2.05) is 0 Å². The Hall–Kier alpha value is -2.06. The second-order valence-electron chi connectivity index (χ2n) is 5.62. The number of esters is 1. The molecule has 1 aliphatic heterocycles. The first-order chi connectivity index (χ1) is 11.5. The monoisotopic (exact) mass is 354 g/mol. The first-order valence-corrected chi connectivity index (χ1v) is 8.12. The molecule has 1 aromatic rings. The Bertz CT molecular complexity index is 616. The number of quaternary nitrogens is 1. The third kappa shape index (κ3) is 4.07. The van der Waals surface area contributed by atoms with E-state index >= 15 is 0 Å². The van der Waals surface area contributed by atoms with Crippen LogP contribution >= 0.6 is 12.2 Å². The van der Waals surface area contributed by atoms with Crippen LogP contribution in [0.15, 0.2) is 12.1 Å². The van der Waals surface area contributed by atoms with Gasteiger partial charge in [0.2, 0.25) is 0 Å². The van der Waals surface area contributed by atoms with Crippen LogP contribution < -0.4 is 19.7 Å². The number of hydrogen-bond acceptors (Lipinski definition) is 5. The average molecular weight is 354 g/mol. The number of methoxy groups -OCH3 is 3. The fraction of sp³-hybridized carbons (Fsp3) is 0.500. The number of carbonyl (C=O) groups is 1. The van der Waals surface area contributed by atoms with E-state index in [0.29, 0.717) is 27.9 Å². The maximum atomic E-state index is 12.1. The second-order valence-corrected chi connectivity index (χ2v) is 6.01. The minimum absolute atomic E-state index is 0.345. The summed E-state index contributed by atoms with van der Waals surface area (Å²) >= 11 is 5.50. The number of thiocarbonyl (C=S) groups is 1. The van der Waals surface area contributed by atoms with Gasteiger partial charge in [-0.25, -0.2) is 4.79 Å². The highest BCUT2D eigenvalue weighted by Crippen LogP contribution is 2.33. The summed E-state index contributed by atoms with van der Waals surface area (Å²) in [6, 6.07) is 3.28. The van der Waals surface area contributed by atoms with E-state index in [2.05, 4.69) is 17.3 Å². The fourth-order valence-corrected chi connectivity index (χ4v) is 2.84. The number of ether oxygens (including phenoxy) is 3. The first kappa shape index (κ1) is 18.3. The molecule has 1 saturated heterocycles. The summed E-state index contributed by atoms with van der Waals surface area (Å²) in [5.74, 6) is 0.500. The zero-order valence-electron chi connectivity index (χ0n) is 14.5. The van der Waals surface area contributed by atoms with Crippen LogP contribution in [0.5, 0.6) is 11.5 Å². The Kier molecular flexibility index (Phi) is 6.22. The van der Waals surface area contributed by atoms with Crippen molar-refractivity contribution in [1.82, 2.24) is 4.90 Å². The van der Waals surface area contributed by atoms with Crippen molar-refractivity contribution in [3.8, 4) is 11.5 Å². The summed E-state index contributed by atoms with van der Waals surface area (Å²) in [7, 11) is 6.56. The largest absolute Gasteiger partial charge is 0.493 e. The predicted octanol–water partition coefficient (Wildman–Crippen LogP) is 0.0175. The Balaban J connectivity index is 2.26. The number of nitrogens with one attached hydrogen (secondary N) is 2. The van der Waals surface area contributed by atoms with Gasteiger partial charge in [0.05, 0.1) is 65.8 Å². The van der Waals surface area contributed by atoms with Crippen LogP contribution in [-0.4, -0.2) is 70.5 Å². The maximum Gasteiger partial charge on any atom is 0.340 e. The van der Waals surface area contributed by atoms with E-state index in [0.717, 1.165) is 26.2 Å². The summed E-state index contributed by atoms with van der Waals surface area (Å²) in [5, 5.41) is 3.73. The van der Waals surface area contributed by atoms with E-state index in [4.69, 9.17) is 26.4 Å². The van der Waals surface area contributed by atoms with E-state index in [1.165, 1.54) is 19.1 Å². The molecule has 132 valence electrons. The molecular formula is C16H24N3O4S+. The predicted molar refractivity (Wildman–Crippen MR) is 95.3 cm³/mol. The Labute approximate surface area is 147 Å². The lowest BCUT2D eigenvalue weighted by molar-refractivity contribution is -0.883. The average Bonchev–Trinajstić information content (AvgIpc) is 2.61. The van der Waals surface area contributed by atoms with Crippen LogP contribution in [-0.2, 0) is 4.74 Å². The molecule has 1 aromatic carbocycles. The lowest BCUT2D eigenvalue weighted by atomic mass is 10.1. The normalized spacial score (nSPS) is 14.9. The highest BCUT2D eigenvalue weighted by atomic mass is 32.1. The molecule has 8 heteroatoms. The third-order valence-electron chi connectivity index (χ3n) is 4.07. The topological polar surface area (TPSA) is 64.5 Å². The molecule has 0 radical (unpaired) electrons. The van der Waals surface area contributed by atoms with Gasteiger partial charge in [-0.3, -0.25) is 0 Å². The number of nitrogens with zero attached hydrogens (tertiary/aromatic N) is 1. The second kappa shape index (κ2) is 8.16. The minimum Gasteiger partial charge on any atom is -0.493 e. The number of benzene rings is 1. The van der Waals surface area contributed by atoms with E-state index in [1.54, 1.807) is 19.2 Å². The molecule has 0 aromatic heterocycles. The van der Waals surface area contributed by atoms with Crippen molar-refractivity contribution in [2.75, 3.05) is 59.9 Å². The van der Waals surface area contributed by atoms with Crippen LogP contribution in [0.3, 0.4) is 0 Å². The molecule has 2 N–H and O–H groups in total. The SMILES string of the molecule is COC(=O)c1cc(OC)c(OC)cc1NC(=S)N1CC[NH+](C)CC1. The molecule has 0 unspecified atom stereocenters. The van der Waals surface area contributed by atoms with Gasteiger partial charge >= 0.3 is 5.97 Å². The molecule has 0 spiro atoms. The van der Waals surface area contributed by atoms with Gasteiger partial charge in [0.25, 0.3) is 0 Å². The van der Waals surface area contributed by atoms with Crippen molar-refractivity contribution >= 4 is 29.0 Å². The number of likely N-dealkylation sites (N-methyl/N-ethyl adjacent to an activating group) is 1. The van der Waals surface area contributed by atoms with Gasteiger partial charge in [0.15, 0.2) is 16.6 Å². The smallest absolute Gasteiger partial charge is 0.340 e. The van der Waals surface area contributed by atoms with Crippen molar-refractivity contribution in [3.63, 3.8) is 0 Å². The molecule has 1 aliphatic rings. The van der Waals surface area contributed by atoms with Gasteiger partial charge in [-0.2, -0.15) is 0 Å². The van der Waals surface area contributed by atoms with Crippen molar-refractivity contribution in [2.45, 2.75) is 0 Å². The molecule has 24 heavy (non-hydrogen) atoms. The number of carbonyl (C=O) groups excluding carboxylic acids is 1. The standard InChI is InChI=1S/C16H23N3O4S/c1-18-5-7-19(8-6-18)16(24)17-12-10-14(22-3)13(21-2)9-11(12)15(20)23-4/h9-10H,5-8H2,1-4H3,(H,17,24)/p+1. The van der Waals surface area contributed by atoms with Gasteiger partial charge in [0, 0.05) is 12.1 Å². The number of hydrogen-bond donors (Lipinski definition) is 2. The van der Waals surface area contributed by atoms with Crippen LogP contribution in [0, 0.1) is 0 Å². The first-order valence-electron chi connectivity index (χ1n) is 7.71. The molecule has 7 nitrogen and oxygen atoms in total. The Morgan fingerprint density at radius 2 is 1.75 bits per heavy atom. The van der Waals surface area contributed by atoms with E-state index in [9.17, 15) is 4.79 Å². The summed E-state index contributed by atoms with van der Waals surface area (Å²) in [5.41, 5.74) is 0.882. The summed E-state index contributed by atoms with van der Waals surface area (Å²) in [4.78, 5) is 15.7. The van der Waals surface area contributed by atoms with Crippen molar-refractivity contribution in [3.05, 3.63) is 17.7 Å². The maximum absolute atomic E-state index is 12.1. The van der Waals surface area contributed by atoms with Crippen LogP contribution in [0.1, 0.15) is 10.4 Å². The number of anilines is 1. The molecule has 0 aliphatic carbocycles. The fourth-order valence-electron chi connectivity index (χ4n) is 2.55. The zero-order chi connectivity index (χ0) is 17.7. The molecule has 2 rings (SSSR count). The molecule has 1 fully saturated rings. The number of rotatable bonds is 4. The Morgan fingerprint density at radius 1 is 1.17 bits per heavy atom. The highest BCUT2D eigenvalue weighted by molar-refractivity contribution is 7.80. The quantitative estimate of drug-likeness (QED) is 0.584. The summed E-state index contributed by atoms with van der Waals surface area (Å²) < 4.78 is 15.4. The lowest BCUT2D eigenvalue weighted by Gasteiger charge is -2.32. The molecule has 0 atom stereocenters. The molecule has 1 heterocycles. The van der Waals surface area contributed by atoms with Crippen LogP contribution in [0.2, 0.25) is 0 Å². The number of piperazine rings is 1. The molecular weight excluding hydrogens is 330 g/mol.